The zero-order valence-electron chi connectivity index (χ0n) is 8.12. The Morgan fingerprint density at radius 3 is 2.43 bits per heavy atom. The Morgan fingerprint density at radius 1 is 1.29 bits per heavy atom. The average Bonchev–Trinajstić information content (AvgIpc) is 2.12. The highest BCUT2D eigenvalue weighted by molar-refractivity contribution is 6.30. The third kappa shape index (κ3) is 2.27. The molecule has 76 valence electrons. The molecular weight excluding hydrogens is 196 g/mol. The number of benzene rings is 1. The molecule has 0 saturated carbocycles. The van der Waals surface area contributed by atoms with Gasteiger partial charge in [0.05, 0.1) is 0 Å². The lowest BCUT2D eigenvalue weighted by Crippen LogP contribution is -2.41. The Balaban J connectivity index is 1.95. The van der Waals surface area contributed by atoms with Gasteiger partial charge < -0.3 is 10.6 Å². The van der Waals surface area contributed by atoms with E-state index in [2.05, 4.69) is 4.90 Å². The predicted octanol–water partition coefficient (Wildman–Crippen LogP) is 2.05. The fraction of sp³-hybridized carbons (Fsp3) is 0.455. The van der Waals surface area contributed by atoms with Gasteiger partial charge in [-0.15, -0.1) is 0 Å². The second-order valence-corrected chi connectivity index (χ2v) is 4.25. The van der Waals surface area contributed by atoms with Crippen LogP contribution in [0.5, 0.6) is 0 Å². The van der Waals surface area contributed by atoms with E-state index in [9.17, 15) is 0 Å². The van der Waals surface area contributed by atoms with Crippen molar-refractivity contribution in [1.29, 1.82) is 0 Å². The molecule has 0 aliphatic carbocycles. The molecule has 0 spiro atoms. The molecule has 0 amide bonds. The third-order valence-corrected chi connectivity index (χ3v) is 2.95. The van der Waals surface area contributed by atoms with E-state index in [-0.39, 0.29) is 6.04 Å². The molecule has 1 atom stereocenters. The highest BCUT2D eigenvalue weighted by Crippen LogP contribution is 2.17. The van der Waals surface area contributed by atoms with Crippen molar-refractivity contribution in [1.82, 2.24) is 4.90 Å². The lowest BCUT2D eigenvalue weighted by molar-refractivity contribution is 0.170. The van der Waals surface area contributed by atoms with Gasteiger partial charge in [-0.1, -0.05) is 23.7 Å². The van der Waals surface area contributed by atoms with Gasteiger partial charge in [0, 0.05) is 17.6 Å². The van der Waals surface area contributed by atoms with E-state index < -0.39 is 0 Å². The van der Waals surface area contributed by atoms with E-state index >= 15 is 0 Å². The second-order valence-electron chi connectivity index (χ2n) is 3.81. The van der Waals surface area contributed by atoms with E-state index in [0.29, 0.717) is 0 Å². The first-order valence-electron chi connectivity index (χ1n) is 4.99. The molecular formula is C11H15ClN2. The second kappa shape index (κ2) is 4.30. The van der Waals surface area contributed by atoms with Crippen molar-refractivity contribution in [3.8, 4) is 0 Å². The first kappa shape index (κ1) is 9.97. The topological polar surface area (TPSA) is 29.3 Å². The van der Waals surface area contributed by atoms with Crippen LogP contribution in [0.4, 0.5) is 0 Å². The van der Waals surface area contributed by atoms with Crippen LogP contribution in [0.25, 0.3) is 0 Å². The maximum atomic E-state index is 6.07. The lowest BCUT2D eigenvalue weighted by atomic mass is 10.1. The van der Waals surface area contributed by atoms with E-state index in [0.717, 1.165) is 11.6 Å². The van der Waals surface area contributed by atoms with Crippen LogP contribution in [0.3, 0.4) is 0 Å². The van der Waals surface area contributed by atoms with Gasteiger partial charge in [-0.2, -0.15) is 0 Å². The van der Waals surface area contributed by atoms with Crippen molar-refractivity contribution in [2.45, 2.75) is 12.5 Å². The minimum Gasteiger partial charge on any atom is -0.323 e. The van der Waals surface area contributed by atoms with Crippen LogP contribution < -0.4 is 5.73 Å². The Kier molecular flexibility index (Phi) is 3.06. The molecule has 3 heteroatoms. The Morgan fingerprint density at radius 2 is 1.93 bits per heavy atom. The van der Waals surface area contributed by atoms with Crippen LogP contribution in [0, 0.1) is 0 Å². The lowest BCUT2D eigenvalue weighted by Gasteiger charge is -2.33. The summed E-state index contributed by atoms with van der Waals surface area (Å²) in [5.74, 6) is 0. The quantitative estimate of drug-likeness (QED) is 0.828. The number of likely N-dealkylation sites (tertiary alicyclic amines) is 1. The van der Waals surface area contributed by atoms with Crippen LogP contribution in [-0.2, 0) is 0 Å². The van der Waals surface area contributed by atoms with Gasteiger partial charge in [0.15, 0.2) is 0 Å². The van der Waals surface area contributed by atoms with E-state index in [1.165, 1.54) is 25.1 Å². The summed E-state index contributed by atoms with van der Waals surface area (Å²) in [4.78, 5) is 2.37. The SMILES string of the molecule is NC(CN1CCC1)c1ccc(Cl)cc1. The van der Waals surface area contributed by atoms with Gasteiger partial charge in [-0.05, 0) is 37.2 Å². The fourth-order valence-corrected chi connectivity index (χ4v) is 1.78. The third-order valence-electron chi connectivity index (χ3n) is 2.70. The number of nitrogens with two attached hydrogens (primary N) is 1. The number of rotatable bonds is 3. The van der Waals surface area contributed by atoms with Crippen molar-refractivity contribution in [3.05, 3.63) is 34.9 Å². The van der Waals surface area contributed by atoms with Gasteiger partial charge in [0.25, 0.3) is 0 Å². The summed E-state index contributed by atoms with van der Waals surface area (Å²) in [6.45, 7) is 3.35. The first-order chi connectivity index (χ1) is 6.75. The van der Waals surface area contributed by atoms with Gasteiger partial charge in [0.2, 0.25) is 0 Å². The van der Waals surface area contributed by atoms with Gasteiger partial charge in [0.1, 0.15) is 0 Å². The summed E-state index contributed by atoms with van der Waals surface area (Å²) < 4.78 is 0. The molecule has 0 bridgehead atoms. The molecule has 0 aromatic heterocycles. The summed E-state index contributed by atoms with van der Waals surface area (Å²) >= 11 is 5.81. The van der Waals surface area contributed by atoms with Crippen LogP contribution in [0.15, 0.2) is 24.3 Å². The molecule has 1 saturated heterocycles. The molecule has 1 aliphatic heterocycles. The highest BCUT2D eigenvalue weighted by atomic mass is 35.5. The Hall–Kier alpha value is -0.570. The molecule has 2 rings (SSSR count). The molecule has 2 N–H and O–H groups in total. The number of hydrogen-bond donors (Lipinski definition) is 1. The normalized spacial score (nSPS) is 19.0. The maximum absolute atomic E-state index is 6.07. The molecule has 1 heterocycles. The summed E-state index contributed by atoms with van der Waals surface area (Å²) in [6.07, 6.45) is 1.31. The van der Waals surface area contributed by atoms with Gasteiger partial charge in [-0.25, -0.2) is 0 Å². The Labute approximate surface area is 89.7 Å². The minimum atomic E-state index is 0.118. The monoisotopic (exact) mass is 210 g/mol. The molecule has 1 unspecified atom stereocenters. The standard InChI is InChI=1S/C11H15ClN2/c12-10-4-2-9(3-5-10)11(13)8-14-6-1-7-14/h2-5,11H,1,6-8,13H2. The number of hydrogen-bond acceptors (Lipinski definition) is 2. The zero-order chi connectivity index (χ0) is 9.97. The van der Waals surface area contributed by atoms with E-state index in [1.54, 1.807) is 0 Å². The smallest absolute Gasteiger partial charge is 0.0424 e. The maximum Gasteiger partial charge on any atom is 0.0424 e. The molecule has 1 aliphatic rings. The van der Waals surface area contributed by atoms with Crippen LogP contribution in [0.2, 0.25) is 5.02 Å². The van der Waals surface area contributed by atoms with Crippen molar-refractivity contribution < 1.29 is 0 Å². The van der Waals surface area contributed by atoms with Crippen molar-refractivity contribution >= 4 is 11.6 Å². The zero-order valence-corrected chi connectivity index (χ0v) is 8.87. The average molecular weight is 211 g/mol. The first-order valence-corrected chi connectivity index (χ1v) is 5.37. The molecule has 14 heavy (non-hydrogen) atoms. The van der Waals surface area contributed by atoms with Crippen LogP contribution in [0.1, 0.15) is 18.0 Å². The molecule has 0 radical (unpaired) electrons. The summed E-state index contributed by atoms with van der Waals surface area (Å²) in [6, 6.07) is 7.92. The van der Waals surface area contributed by atoms with Gasteiger partial charge in [-0.3, -0.25) is 0 Å². The summed E-state index contributed by atoms with van der Waals surface area (Å²) in [5, 5.41) is 0.768. The predicted molar refractivity (Wildman–Crippen MR) is 59.4 cm³/mol. The summed E-state index contributed by atoms with van der Waals surface area (Å²) in [5.41, 5.74) is 7.24. The number of halogens is 1. The van der Waals surface area contributed by atoms with Gasteiger partial charge >= 0.3 is 0 Å². The van der Waals surface area contributed by atoms with Crippen LogP contribution >= 0.6 is 11.6 Å². The van der Waals surface area contributed by atoms with Crippen molar-refractivity contribution in [3.63, 3.8) is 0 Å². The van der Waals surface area contributed by atoms with Crippen molar-refractivity contribution in [2.75, 3.05) is 19.6 Å². The molecule has 1 aromatic rings. The highest BCUT2D eigenvalue weighted by Gasteiger charge is 2.17. The number of nitrogens with zero attached hydrogens (tertiary/aromatic N) is 1. The van der Waals surface area contributed by atoms with Crippen molar-refractivity contribution in [2.24, 2.45) is 5.73 Å². The van der Waals surface area contributed by atoms with E-state index in [4.69, 9.17) is 17.3 Å². The largest absolute Gasteiger partial charge is 0.323 e. The van der Waals surface area contributed by atoms with Crippen LogP contribution in [-0.4, -0.2) is 24.5 Å². The fourth-order valence-electron chi connectivity index (χ4n) is 1.66. The Bertz CT molecular complexity index is 293. The minimum absolute atomic E-state index is 0.118. The molecule has 1 aromatic carbocycles. The molecule has 1 fully saturated rings. The summed E-state index contributed by atoms with van der Waals surface area (Å²) in [7, 11) is 0. The van der Waals surface area contributed by atoms with E-state index in [1.807, 2.05) is 24.3 Å². The molecule has 2 nitrogen and oxygen atoms in total.